The third-order valence-corrected chi connectivity index (χ3v) is 4.82. The Morgan fingerprint density at radius 2 is 1.79 bits per heavy atom. The molecule has 0 spiro atoms. The van der Waals surface area contributed by atoms with Gasteiger partial charge in [0.2, 0.25) is 10.0 Å². The molecule has 0 amide bonds. The summed E-state index contributed by atoms with van der Waals surface area (Å²) in [6.07, 6.45) is 0. The number of sulfonamides is 1. The quantitative estimate of drug-likeness (QED) is 0.722. The van der Waals surface area contributed by atoms with E-state index in [2.05, 4.69) is 4.72 Å². The maximum absolute atomic E-state index is 13.6. The van der Waals surface area contributed by atoms with E-state index in [0.29, 0.717) is 11.5 Å². The molecule has 2 aromatic carbocycles. The van der Waals surface area contributed by atoms with Crippen LogP contribution in [0.1, 0.15) is 5.56 Å². The lowest BCUT2D eigenvalue weighted by molar-refractivity contribution is 0.322. The number of hydrogen-bond acceptors (Lipinski definition) is 4. The van der Waals surface area contributed by atoms with E-state index in [-0.39, 0.29) is 23.7 Å². The normalized spacial score (nSPS) is 11.3. The molecular formula is C16H17ClFNO4S. The standard InChI is InChI=1S/C16H17ClFNO4S/c1-22-12-5-7-13(8-6-12)23-10-9-19-24(20,21)11-14-15(17)3-2-4-16(14)18/h2-8,19H,9-11H2,1H3. The second-order valence-corrected chi connectivity index (χ2v) is 7.09. The van der Waals surface area contributed by atoms with E-state index in [1.807, 2.05) is 0 Å². The van der Waals surface area contributed by atoms with Gasteiger partial charge in [-0.25, -0.2) is 17.5 Å². The lowest BCUT2D eigenvalue weighted by Gasteiger charge is -2.10. The fourth-order valence-corrected chi connectivity index (χ4v) is 3.43. The molecule has 1 N–H and O–H groups in total. The zero-order chi connectivity index (χ0) is 17.6. The van der Waals surface area contributed by atoms with Crippen molar-refractivity contribution in [1.82, 2.24) is 4.72 Å². The summed E-state index contributed by atoms with van der Waals surface area (Å²) in [5.74, 6) is 0.112. The average molecular weight is 374 g/mol. The Morgan fingerprint density at radius 3 is 2.42 bits per heavy atom. The molecule has 0 aliphatic rings. The lowest BCUT2D eigenvalue weighted by Crippen LogP contribution is -2.29. The SMILES string of the molecule is COc1ccc(OCCNS(=O)(=O)Cc2c(F)cccc2Cl)cc1. The van der Waals surface area contributed by atoms with Gasteiger partial charge in [0.25, 0.3) is 0 Å². The van der Waals surface area contributed by atoms with Crippen LogP contribution in [0.4, 0.5) is 4.39 Å². The molecule has 5 nitrogen and oxygen atoms in total. The highest BCUT2D eigenvalue weighted by Gasteiger charge is 2.16. The number of rotatable bonds is 8. The van der Waals surface area contributed by atoms with Gasteiger partial charge in [-0.3, -0.25) is 0 Å². The highest BCUT2D eigenvalue weighted by Crippen LogP contribution is 2.21. The summed E-state index contributed by atoms with van der Waals surface area (Å²) in [5.41, 5.74) is -0.0530. The number of ether oxygens (including phenoxy) is 2. The molecule has 0 aliphatic carbocycles. The molecule has 0 bridgehead atoms. The van der Waals surface area contributed by atoms with Crippen LogP contribution in [0.3, 0.4) is 0 Å². The van der Waals surface area contributed by atoms with Crippen LogP contribution in [-0.4, -0.2) is 28.7 Å². The first-order chi connectivity index (χ1) is 11.4. The molecule has 0 atom stereocenters. The average Bonchev–Trinajstić information content (AvgIpc) is 2.56. The molecule has 24 heavy (non-hydrogen) atoms. The lowest BCUT2D eigenvalue weighted by atomic mass is 10.2. The van der Waals surface area contributed by atoms with Crippen molar-refractivity contribution in [2.75, 3.05) is 20.3 Å². The molecule has 2 rings (SSSR count). The smallest absolute Gasteiger partial charge is 0.216 e. The Bertz CT molecular complexity index is 761. The molecule has 8 heteroatoms. The van der Waals surface area contributed by atoms with Crippen LogP contribution in [0.25, 0.3) is 0 Å². The van der Waals surface area contributed by atoms with Gasteiger partial charge in [-0.1, -0.05) is 17.7 Å². The van der Waals surface area contributed by atoms with Crippen molar-refractivity contribution >= 4 is 21.6 Å². The summed E-state index contributed by atoms with van der Waals surface area (Å²) in [4.78, 5) is 0. The van der Waals surface area contributed by atoms with E-state index in [1.54, 1.807) is 31.4 Å². The Hall–Kier alpha value is -1.83. The van der Waals surface area contributed by atoms with Gasteiger partial charge >= 0.3 is 0 Å². The molecule has 0 fully saturated rings. The van der Waals surface area contributed by atoms with Crippen molar-refractivity contribution in [3.8, 4) is 11.5 Å². The van der Waals surface area contributed by atoms with Gasteiger partial charge in [-0.15, -0.1) is 0 Å². The number of benzene rings is 2. The zero-order valence-corrected chi connectivity index (χ0v) is 14.5. The molecule has 130 valence electrons. The van der Waals surface area contributed by atoms with Crippen LogP contribution in [0, 0.1) is 5.82 Å². The van der Waals surface area contributed by atoms with Crippen molar-refractivity contribution in [2.24, 2.45) is 0 Å². The summed E-state index contributed by atoms with van der Waals surface area (Å²) in [7, 11) is -2.16. The zero-order valence-electron chi connectivity index (χ0n) is 13.0. The predicted molar refractivity (Wildman–Crippen MR) is 90.5 cm³/mol. The minimum absolute atomic E-state index is 0.0530. The van der Waals surface area contributed by atoms with E-state index >= 15 is 0 Å². The maximum atomic E-state index is 13.6. The minimum Gasteiger partial charge on any atom is -0.497 e. The van der Waals surface area contributed by atoms with E-state index in [9.17, 15) is 12.8 Å². The van der Waals surface area contributed by atoms with Gasteiger partial charge in [-0.2, -0.15) is 0 Å². The molecule has 0 heterocycles. The first-order valence-corrected chi connectivity index (χ1v) is 9.11. The fourth-order valence-electron chi connectivity index (χ4n) is 1.95. The molecule has 0 aliphatic heterocycles. The number of hydrogen-bond donors (Lipinski definition) is 1. The first-order valence-electron chi connectivity index (χ1n) is 7.08. The second-order valence-electron chi connectivity index (χ2n) is 4.88. The fraction of sp³-hybridized carbons (Fsp3) is 0.250. The van der Waals surface area contributed by atoms with Gasteiger partial charge in [0.1, 0.15) is 23.9 Å². The monoisotopic (exact) mass is 373 g/mol. The topological polar surface area (TPSA) is 64.6 Å². The Labute approximate surface area is 145 Å². The van der Waals surface area contributed by atoms with Crippen LogP contribution < -0.4 is 14.2 Å². The predicted octanol–water partition coefficient (Wildman–Crippen LogP) is 2.99. The van der Waals surface area contributed by atoms with Crippen LogP contribution in [0.2, 0.25) is 5.02 Å². The van der Waals surface area contributed by atoms with Crippen LogP contribution >= 0.6 is 11.6 Å². The van der Waals surface area contributed by atoms with Gasteiger partial charge in [0.15, 0.2) is 0 Å². The summed E-state index contributed by atoms with van der Waals surface area (Å²) in [6, 6.07) is 10.9. The van der Waals surface area contributed by atoms with Crippen LogP contribution in [-0.2, 0) is 15.8 Å². The number of halogens is 2. The molecule has 0 radical (unpaired) electrons. The van der Waals surface area contributed by atoms with Crippen molar-refractivity contribution in [1.29, 1.82) is 0 Å². The van der Waals surface area contributed by atoms with E-state index in [4.69, 9.17) is 21.1 Å². The third kappa shape index (κ3) is 5.36. The van der Waals surface area contributed by atoms with E-state index in [1.165, 1.54) is 18.2 Å². The van der Waals surface area contributed by atoms with Crippen LogP contribution in [0.5, 0.6) is 11.5 Å². The minimum atomic E-state index is -3.72. The van der Waals surface area contributed by atoms with E-state index in [0.717, 1.165) is 0 Å². The second kappa shape index (κ2) is 8.32. The number of methoxy groups -OCH3 is 1. The first kappa shape index (κ1) is 18.5. The third-order valence-electron chi connectivity index (χ3n) is 3.15. The Morgan fingerprint density at radius 1 is 1.12 bits per heavy atom. The van der Waals surface area contributed by atoms with Crippen LogP contribution in [0.15, 0.2) is 42.5 Å². The van der Waals surface area contributed by atoms with Gasteiger partial charge in [-0.05, 0) is 36.4 Å². The highest BCUT2D eigenvalue weighted by atomic mass is 35.5. The molecule has 0 saturated heterocycles. The van der Waals surface area contributed by atoms with Gasteiger partial charge in [0.05, 0.1) is 12.9 Å². The molecule has 0 aromatic heterocycles. The molecule has 0 unspecified atom stereocenters. The molecule has 2 aromatic rings. The highest BCUT2D eigenvalue weighted by molar-refractivity contribution is 7.88. The summed E-state index contributed by atoms with van der Waals surface area (Å²) in [6.45, 7) is 0.191. The van der Waals surface area contributed by atoms with Crippen molar-refractivity contribution in [2.45, 2.75) is 5.75 Å². The Balaban J connectivity index is 1.84. The maximum Gasteiger partial charge on any atom is 0.216 e. The number of nitrogens with one attached hydrogen (secondary N) is 1. The van der Waals surface area contributed by atoms with Gasteiger partial charge < -0.3 is 9.47 Å². The largest absolute Gasteiger partial charge is 0.497 e. The van der Waals surface area contributed by atoms with Crippen molar-refractivity contribution in [3.05, 3.63) is 58.9 Å². The summed E-state index contributed by atoms with van der Waals surface area (Å²) >= 11 is 5.83. The summed E-state index contributed by atoms with van der Waals surface area (Å²) in [5, 5.41) is 0.0786. The van der Waals surface area contributed by atoms with Crippen molar-refractivity contribution < 1.29 is 22.3 Å². The summed E-state index contributed by atoms with van der Waals surface area (Å²) < 4.78 is 50.4. The van der Waals surface area contributed by atoms with E-state index < -0.39 is 21.6 Å². The molecular weight excluding hydrogens is 357 g/mol. The van der Waals surface area contributed by atoms with Crippen molar-refractivity contribution in [3.63, 3.8) is 0 Å². The Kier molecular flexibility index (Phi) is 6.42. The molecule has 0 saturated carbocycles. The van der Waals surface area contributed by atoms with Gasteiger partial charge in [0, 0.05) is 17.1 Å².